The highest BCUT2D eigenvalue weighted by molar-refractivity contribution is 4.97. The van der Waals surface area contributed by atoms with Gasteiger partial charge in [-0.25, -0.2) is 4.98 Å². The first-order valence-corrected chi connectivity index (χ1v) is 7.22. The van der Waals surface area contributed by atoms with E-state index >= 15 is 0 Å². The van der Waals surface area contributed by atoms with Crippen LogP contribution in [0.1, 0.15) is 31.4 Å². The Kier molecular flexibility index (Phi) is 3.66. The molecule has 0 amide bonds. The summed E-state index contributed by atoms with van der Waals surface area (Å²) in [5.74, 6) is 0.840. The smallest absolute Gasteiger partial charge is 0.0945 e. The number of aryl methyl sites for hydroxylation is 1. The minimum atomic E-state index is 0.840. The lowest BCUT2D eigenvalue weighted by Crippen LogP contribution is -2.39. The molecule has 1 unspecified atom stereocenters. The number of hydrogen-bond acceptors (Lipinski definition) is 3. The minimum absolute atomic E-state index is 0.840. The monoisotopic (exact) mass is 248 g/mol. The Bertz CT molecular complexity index is 383. The lowest BCUT2D eigenvalue weighted by Gasteiger charge is -2.32. The van der Waals surface area contributed by atoms with Crippen LogP contribution in [-0.2, 0) is 13.6 Å². The van der Waals surface area contributed by atoms with Gasteiger partial charge in [0.1, 0.15) is 0 Å². The summed E-state index contributed by atoms with van der Waals surface area (Å²) in [7, 11) is 2.08. The summed E-state index contributed by atoms with van der Waals surface area (Å²) < 4.78 is 2.13. The van der Waals surface area contributed by atoms with E-state index in [1.165, 1.54) is 51.0 Å². The number of nitrogens with zero attached hydrogens (tertiary/aromatic N) is 3. The fourth-order valence-electron chi connectivity index (χ4n) is 2.85. The molecule has 1 N–H and O–H groups in total. The van der Waals surface area contributed by atoms with Gasteiger partial charge in [-0.15, -0.1) is 0 Å². The third-order valence-electron chi connectivity index (χ3n) is 4.18. The van der Waals surface area contributed by atoms with Crippen molar-refractivity contribution in [3.05, 3.63) is 18.2 Å². The van der Waals surface area contributed by atoms with Crippen LogP contribution in [0.2, 0.25) is 0 Å². The van der Waals surface area contributed by atoms with Gasteiger partial charge in [0, 0.05) is 32.4 Å². The molecule has 1 aliphatic heterocycles. The number of imidazole rings is 1. The molecule has 1 aliphatic carbocycles. The van der Waals surface area contributed by atoms with E-state index < -0.39 is 0 Å². The van der Waals surface area contributed by atoms with Crippen molar-refractivity contribution in [1.82, 2.24) is 19.8 Å². The van der Waals surface area contributed by atoms with Gasteiger partial charge < -0.3 is 9.88 Å². The minimum Gasteiger partial charge on any atom is -0.337 e. The molecule has 18 heavy (non-hydrogen) atoms. The maximum atomic E-state index is 4.20. The van der Waals surface area contributed by atoms with Crippen LogP contribution in [-0.4, -0.2) is 40.1 Å². The quantitative estimate of drug-likeness (QED) is 0.854. The molecular formula is C14H24N4. The normalized spacial score (nSPS) is 25.5. The molecule has 3 rings (SSSR count). The van der Waals surface area contributed by atoms with Crippen molar-refractivity contribution in [3.63, 3.8) is 0 Å². The molecule has 2 aliphatic rings. The van der Waals surface area contributed by atoms with Crippen LogP contribution >= 0.6 is 0 Å². The average molecular weight is 248 g/mol. The van der Waals surface area contributed by atoms with E-state index in [-0.39, 0.29) is 0 Å². The van der Waals surface area contributed by atoms with Gasteiger partial charge in [-0.1, -0.05) is 0 Å². The number of piperidine rings is 1. The summed E-state index contributed by atoms with van der Waals surface area (Å²) in [5.41, 5.74) is 1.32. The van der Waals surface area contributed by atoms with Crippen molar-refractivity contribution in [2.45, 2.75) is 38.3 Å². The van der Waals surface area contributed by atoms with E-state index in [1.54, 1.807) is 0 Å². The molecule has 1 aromatic heterocycles. The molecule has 4 nitrogen and oxygen atoms in total. The molecule has 100 valence electrons. The fraction of sp³-hybridized carbons (Fsp3) is 0.786. The molecule has 0 bridgehead atoms. The number of aromatic nitrogens is 2. The first kappa shape index (κ1) is 12.2. The first-order chi connectivity index (χ1) is 8.81. The molecule has 4 heteroatoms. The van der Waals surface area contributed by atoms with Crippen LogP contribution in [0.3, 0.4) is 0 Å². The Morgan fingerprint density at radius 3 is 3.00 bits per heavy atom. The van der Waals surface area contributed by atoms with Crippen molar-refractivity contribution in [2.24, 2.45) is 13.0 Å². The summed E-state index contributed by atoms with van der Waals surface area (Å²) in [4.78, 5) is 6.78. The molecule has 0 aromatic carbocycles. The zero-order valence-electron chi connectivity index (χ0n) is 11.3. The van der Waals surface area contributed by atoms with Crippen molar-refractivity contribution < 1.29 is 0 Å². The van der Waals surface area contributed by atoms with Gasteiger partial charge in [0.05, 0.1) is 12.0 Å². The van der Waals surface area contributed by atoms with Crippen LogP contribution in [0.15, 0.2) is 12.5 Å². The van der Waals surface area contributed by atoms with Gasteiger partial charge in [-0.2, -0.15) is 0 Å². The Balaban J connectivity index is 1.48. The summed E-state index contributed by atoms with van der Waals surface area (Å²) >= 11 is 0. The van der Waals surface area contributed by atoms with Gasteiger partial charge >= 0.3 is 0 Å². The summed E-state index contributed by atoms with van der Waals surface area (Å²) in [5, 5.41) is 3.67. The van der Waals surface area contributed by atoms with Crippen LogP contribution in [0.25, 0.3) is 0 Å². The van der Waals surface area contributed by atoms with E-state index in [2.05, 4.69) is 26.8 Å². The topological polar surface area (TPSA) is 33.1 Å². The van der Waals surface area contributed by atoms with Crippen LogP contribution in [0, 0.1) is 5.92 Å². The highest BCUT2D eigenvalue weighted by Crippen LogP contribution is 2.22. The second-order valence-corrected chi connectivity index (χ2v) is 5.92. The van der Waals surface area contributed by atoms with E-state index in [0.717, 1.165) is 18.5 Å². The molecular weight excluding hydrogens is 224 g/mol. The SMILES string of the molecule is Cn1cncc1CN1CCCC(CNC2CC2)C1. The molecule has 0 radical (unpaired) electrons. The molecule has 1 saturated carbocycles. The zero-order chi connectivity index (χ0) is 12.4. The maximum Gasteiger partial charge on any atom is 0.0945 e. The summed E-state index contributed by atoms with van der Waals surface area (Å²) in [6.45, 7) is 4.75. The van der Waals surface area contributed by atoms with E-state index in [9.17, 15) is 0 Å². The van der Waals surface area contributed by atoms with Gasteiger partial charge in [-0.3, -0.25) is 4.90 Å². The van der Waals surface area contributed by atoms with Gasteiger partial charge in [0.2, 0.25) is 0 Å². The lowest BCUT2D eigenvalue weighted by molar-refractivity contribution is 0.162. The van der Waals surface area contributed by atoms with E-state index in [1.807, 2.05) is 12.5 Å². The second kappa shape index (κ2) is 5.41. The Hall–Kier alpha value is -0.870. The molecule has 1 atom stereocenters. The Morgan fingerprint density at radius 2 is 2.28 bits per heavy atom. The summed E-state index contributed by atoms with van der Waals surface area (Å²) in [6, 6.07) is 0.845. The zero-order valence-corrected chi connectivity index (χ0v) is 11.3. The molecule has 1 saturated heterocycles. The van der Waals surface area contributed by atoms with Gasteiger partial charge in [0.25, 0.3) is 0 Å². The van der Waals surface area contributed by atoms with Crippen molar-refractivity contribution in [2.75, 3.05) is 19.6 Å². The highest BCUT2D eigenvalue weighted by Gasteiger charge is 2.24. The fourth-order valence-corrected chi connectivity index (χ4v) is 2.85. The van der Waals surface area contributed by atoms with Crippen LogP contribution in [0.5, 0.6) is 0 Å². The van der Waals surface area contributed by atoms with Crippen molar-refractivity contribution >= 4 is 0 Å². The Labute approximate surface area is 109 Å². The standard InChI is InChI=1S/C14H24N4/c1-17-11-15-8-14(17)10-18-6-2-3-12(9-18)7-16-13-4-5-13/h8,11-13,16H,2-7,9-10H2,1H3. The van der Waals surface area contributed by atoms with Crippen LogP contribution < -0.4 is 5.32 Å². The third kappa shape index (κ3) is 3.12. The maximum absolute atomic E-state index is 4.20. The molecule has 2 heterocycles. The van der Waals surface area contributed by atoms with Crippen LogP contribution in [0.4, 0.5) is 0 Å². The number of nitrogens with one attached hydrogen (secondary N) is 1. The highest BCUT2D eigenvalue weighted by atomic mass is 15.2. The molecule has 2 fully saturated rings. The number of hydrogen-bond donors (Lipinski definition) is 1. The average Bonchev–Trinajstić information content (AvgIpc) is 3.13. The van der Waals surface area contributed by atoms with Gasteiger partial charge in [0.15, 0.2) is 0 Å². The molecule has 0 spiro atoms. The predicted molar refractivity (Wildman–Crippen MR) is 72.2 cm³/mol. The number of rotatable bonds is 5. The first-order valence-electron chi connectivity index (χ1n) is 7.22. The summed E-state index contributed by atoms with van der Waals surface area (Å²) in [6.07, 6.45) is 9.41. The predicted octanol–water partition coefficient (Wildman–Crippen LogP) is 1.38. The van der Waals surface area contributed by atoms with Gasteiger partial charge in [-0.05, 0) is 44.7 Å². The third-order valence-corrected chi connectivity index (χ3v) is 4.18. The number of likely N-dealkylation sites (tertiary alicyclic amines) is 1. The van der Waals surface area contributed by atoms with E-state index in [0.29, 0.717) is 0 Å². The van der Waals surface area contributed by atoms with Crippen molar-refractivity contribution in [3.8, 4) is 0 Å². The second-order valence-electron chi connectivity index (χ2n) is 5.92. The lowest BCUT2D eigenvalue weighted by atomic mass is 9.98. The van der Waals surface area contributed by atoms with Crippen molar-refractivity contribution in [1.29, 1.82) is 0 Å². The van der Waals surface area contributed by atoms with E-state index in [4.69, 9.17) is 0 Å². The largest absolute Gasteiger partial charge is 0.337 e. The molecule has 1 aromatic rings. The Morgan fingerprint density at radius 1 is 1.39 bits per heavy atom.